The number of para-hydroxylation sites is 1. The highest BCUT2D eigenvalue weighted by molar-refractivity contribution is 7.98. The fraction of sp³-hybridized carbons (Fsp3) is 0.143. The molecule has 2 N–H and O–H groups in total. The maximum Gasteiger partial charge on any atom is 0.0649 e. The minimum atomic E-state index is 0.964. The molecule has 2 rings (SSSR count). The second-order valence-electron chi connectivity index (χ2n) is 3.85. The molecular weight excluding hydrogens is 228 g/mol. The predicted molar refractivity (Wildman–Crippen MR) is 75.0 cm³/mol. The minimum Gasteiger partial charge on any atom is -0.313 e. The molecule has 0 unspecified atom stereocenters. The Bertz CT molecular complexity index is 469. The van der Waals surface area contributed by atoms with Crippen molar-refractivity contribution in [2.45, 2.75) is 10.6 Å². The van der Waals surface area contributed by atoms with Crippen LogP contribution in [0.25, 0.3) is 0 Å². The zero-order valence-electron chi connectivity index (χ0n) is 9.84. The monoisotopic (exact) mass is 244 g/mol. The van der Waals surface area contributed by atoms with Gasteiger partial charge in [0.15, 0.2) is 0 Å². The molecule has 0 saturated carbocycles. The van der Waals surface area contributed by atoms with Gasteiger partial charge in [0.2, 0.25) is 0 Å². The van der Waals surface area contributed by atoms with Crippen LogP contribution in [0.2, 0.25) is 0 Å². The molecule has 0 fully saturated rings. The van der Waals surface area contributed by atoms with Crippen molar-refractivity contribution in [3.63, 3.8) is 0 Å². The Morgan fingerprint density at radius 3 is 2.35 bits per heavy atom. The summed E-state index contributed by atoms with van der Waals surface area (Å²) in [6.07, 6.45) is 0. The van der Waals surface area contributed by atoms with Crippen LogP contribution in [0, 0.1) is 0 Å². The fourth-order valence-corrected chi connectivity index (χ4v) is 2.66. The van der Waals surface area contributed by atoms with Crippen LogP contribution in [-0.2, 0) is 5.75 Å². The molecule has 0 aromatic heterocycles. The first kappa shape index (κ1) is 12.0. The fourth-order valence-electron chi connectivity index (χ4n) is 1.61. The molecule has 0 aliphatic carbocycles. The van der Waals surface area contributed by atoms with Crippen molar-refractivity contribution in [1.29, 1.82) is 0 Å². The van der Waals surface area contributed by atoms with Gasteiger partial charge in [-0.1, -0.05) is 42.5 Å². The van der Waals surface area contributed by atoms with Crippen molar-refractivity contribution in [2.75, 3.05) is 12.1 Å². The van der Waals surface area contributed by atoms with Gasteiger partial charge in [-0.2, -0.15) is 0 Å². The van der Waals surface area contributed by atoms with E-state index in [0.29, 0.717) is 0 Å². The van der Waals surface area contributed by atoms with E-state index in [1.807, 2.05) is 31.3 Å². The number of benzene rings is 2. The number of hydrogen-bond donors (Lipinski definition) is 1. The highest BCUT2D eigenvalue weighted by Gasteiger charge is 2.04. The van der Waals surface area contributed by atoms with Crippen LogP contribution in [0.4, 0.5) is 5.69 Å². The Kier molecular flexibility index (Phi) is 4.07. The van der Waals surface area contributed by atoms with Gasteiger partial charge in [0.25, 0.3) is 0 Å². The molecule has 88 valence electrons. The van der Waals surface area contributed by atoms with Crippen LogP contribution in [0.15, 0.2) is 59.5 Å². The number of nitrogens with two attached hydrogens (primary N) is 1. The van der Waals surface area contributed by atoms with E-state index < -0.39 is 0 Å². The van der Waals surface area contributed by atoms with Crippen LogP contribution in [-0.4, -0.2) is 7.05 Å². The smallest absolute Gasteiger partial charge is 0.0649 e. The third kappa shape index (κ3) is 3.25. The van der Waals surface area contributed by atoms with Crippen molar-refractivity contribution >= 4 is 17.4 Å². The van der Waals surface area contributed by atoms with Gasteiger partial charge in [0.1, 0.15) is 0 Å². The third-order valence-corrected chi connectivity index (χ3v) is 3.62. The predicted octanol–water partition coefficient (Wildman–Crippen LogP) is 3.29. The van der Waals surface area contributed by atoms with E-state index in [1.165, 1.54) is 10.5 Å². The number of anilines is 1. The van der Waals surface area contributed by atoms with Gasteiger partial charge in [-0.05, 0) is 17.7 Å². The molecule has 2 aromatic rings. The summed E-state index contributed by atoms with van der Waals surface area (Å²) in [5, 5.41) is 1.66. The Labute approximate surface area is 106 Å². The maximum absolute atomic E-state index is 5.80. The Balaban J connectivity index is 2.09. The molecule has 2 nitrogen and oxygen atoms in total. The summed E-state index contributed by atoms with van der Waals surface area (Å²) < 4.78 is 0. The Morgan fingerprint density at radius 2 is 1.65 bits per heavy atom. The summed E-state index contributed by atoms with van der Waals surface area (Å²) in [6, 6.07) is 18.6. The maximum atomic E-state index is 5.80. The third-order valence-electron chi connectivity index (χ3n) is 2.48. The number of thioether (sulfide) groups is 1. The molecule has 17 heavy (non-hydrogen) atoms. The van der Waals surface area contributed by atoms with Crippen molar-refractivity contribution in [2.24, 2.45) is 5.84 Å². The molecule has 0 aliphatic heterocycles. The van der Waals surface area contributed by atoms with Gasteiger partial charge in [-0.15, -0.1) is 11.8 Å². The molecule has 0 amide bonds. The first-order valence-electron chi connectivity index (χ1n) is 5.51. The number of rotatable bonds is 4. The lowest BCUT2D eigenvalue weighted by atomic mass is 10.2. The van der Waals surface area contributed by atoms with Crippen LogP contribution in [0.5, 0.6) is 0 Å². The van der Waals surface area contributed by atoms with E-state index in [2.05, 4.69) is 30.3 Å². The van der Waals surface area contributed by atoms with Crippen LogP contribution in [0.1, 0.15) is 5.56 Å². The quantitative estimate of drug-likeness (QED) is 0.508. The zero-order chi connectivity index (χ0) is 12.1. The average molecular weight is 244 g/mol. The van der Waals surface area contributed by atoms with Crippen molar-refractivity contribution < 1.29 is 0 Å². The number of hydrogen-bond acceptors (Lipinski definition) is 3. The van der Waals surface area contributed by atoms with E-state index in [1.54, 1.807) is 16.8 Å². The van der Waals surface area contributed by atoms with Crippen molar-refractivity contribution in [3.05, 3.63) is 60.2 Å². The molecule has 0 atom stereocenters. The standard InChI is InChI=1S/C14H16N2S/c1-16(15)13-9-5-6-10-14(13)17-11-12-7-3-2-4-8-12/h2-10H,11,15H2,1H3. The average Bonchev–Trinajstić information content (AvgIpc) is 2.38. The molecule has 0 bridgehead atoms. The van der Waals surface area contributed by atoms with Gasteiger partial charge < -0.3 is 5.01 Å². The molecule has 2 aromatic carbocycles. The largest absolute Gasteiger partial charge is 0.313 e. The summed E-state index contributed by atoms with van der Waals surface area (Å²) in [4.78, 5) is 1.21. The van der Waals surface area contributed by atoms with Gasteiger partial charge in [-0.25, -0.2) is 5.84 Å². The first-order chi connectivity index (χ1) is 8.27. The molecule has 3 heteroatoms. The zero-order valence-corrected chi connectivity index (χ0v) is 10.7. The summed E-state index contributed by atoms with van der Waals surface area (Å²) in [6.45, 7) is 0. The molecule has 0 radical (unpaired) electrons. The molecule has 0 spiro atoms. The summed E-state index contributed by atoms with van der Waals surface area (Å²) >= 11 is 1.81. The highest BCUT2D eigenvalue weighted by Crippen LogP contribution is 2.30. The minimum absolute atomic E-state index is 0.964. The van der Waals surface area contributed by atoms with Crippen LogP contribution >= 0.6 is 11.8 Å². The number of hydrazine groups is 1. The summed E-state index contributed by atoms with van der Waals surface area (Å²) in [5.41, 5.74) is 2.39. The van der Waals surface area contributed by atoms with Crippen LogP contribution < -0.4 is 10.9 Å². The van der Waals surface area contributed by atoms with Crippen LogP contribution in [0.3, 0.4) is 0 Å². The summed E-state index contributed by atoms with van der Waals surface area (Å²) in [7, 11) is 1.86. The lowest BCUT2D eigenvalue weighted by Crippen LogP contribution is -2.25. The summed E-state index contributed by atoms with van der Waals surface area (Å²) in [5.74, 6) is 6.77. The Morgan fingerprint density at radius 1 is 1.00 bits per heavy atom. The second-order valence-corrected chi connectivity index (χ2v) is 4.87. The topological polar surface area (TPSA) is 29.3 Å². The van der Waals surface area contributed by atoms with Crippen molar-refractivity contribution in [1.82, 2.24) is 0 Å². The lowest BCUT2D eigenvalue weighted by Gasteiger charge is -2.16. The molecular formula is C14H16N2S. The van der Waals surface area contributed by atoms with E-state index in [9.17, 15) is 0 Å². The van der Waals surface area contributed by atoms with E-state index in [4.69, 9.17) is 5.84 Å². The second kappa shape index (κ2) is 5.75. The first-order valence-corrected chi connectivity index (χ1v) is 6.50. The van der Waals surface area contributed by atoms with Gasteiger partial charge in [0.05, 0.1) is 5.69 Å². The van der Waals surface area contributed by atoms with Gasteiger partial charge in [0, 0.05) is 17.7 Å². The number of nitrogens with zero attached hydrogens (tertiary/aromatic N) is 1. The molecule has 0 aliphatic rings. The lowest BCUT2D eigenvalue weighted by molar-refractivity contribution is 0.996. The van der Waals surface area contributed by atoms with Crippen molar-refractivity contribution in [3.8, 4) is 0 Å². The SMILES string of the molecule is CN(N)c1ccccc1SCc1ccccc1. The van der Waals surface area contributed by atoms with E-state index in [0.717, 1.165) is 11.4 Å². The normalized spacial score (nSPS) is 10.2. The Hall–Kier alpha value is -1.45. The molecule has 0 heterocycles. The van der Waals surface area contributed by atoms with E-state index >= 15 is 0 Å². The molecule has 0 saturated heterocycles. The van der Waals surface area contributed by atoms with Gasteiger partial charge >= 0.3 is 0 Å². The van der Waals surface area contributed by atoms with E-state index in [-0.39, 0.29) is 0 Å². The highest BCUT2D eigenvalue weighted by atomic mass is 32.2. The van der Waals surface area contributed by atoms with Gasteiger partial charge in [-0.3, -0.25) is 0 Å².